The van der Waals surface area contributed by atoms with Gasteiger partial charge in [-0.25, -0.2) is 0 Å². The third-order valence-corrected chi connectivity index (χ3v) is 5.59. The summed E-state index contributed by atoms with van der Waals surface area (Å²) in [7, 11) is 1.63. The van der Waals surface area contributed by atoms with E-state index in [1.807, 2.05) is 24.3 Å². The summed E-state index contributed by atoms with van der Waals surface area (Å²) in [6.07, 6.45) is 0. The van der Waals surface area contributed by atoms with Crippen molar-refractivity contribution in [3.8, 4) is 17.2 Å². The Morgan fingerprint density at radius 1 is 1.03 bits per heavy atom. The van der Waals surface area contributed by atoms with Crippen LogP contribution in [0.15, 0.2) is 54.6 Å². The molecule has 0 bridgehead atoms. The number of carbonyl (C=O) groups excluding carboxylic acids is 1. The summed E-state index contributed by atoms with van der Waals surface area (Å²) in [6, 6.07) is 15.9. The minimum Gasteiger partial charge on any atom is -0.496 e. The standard InChI is InChI=1S/C24H22Cl3NO3/c1-14(2)19-12-17(7-10-21(19)30-3)31-23-20(26)9-8-18(22(23)27)24(29)28-13-15-5-4-6-16(25)11-15/h4-12,14H,13H2,1-3H3,(H,28,29). The van der Waals surface area contributed by atoms with Crippen LogP contribution in [0.3, 0.4) is 0 Å². The van der Waals surface area contributed by atoms with Crippen LogP contribution >= 0.6 is 34.8 Å². The number of nitrogens with one attached hydrogen (secondary N) is 1. The van der Waals surface area contributed by atoms with Crippen LogP contribution in [0.1, 0.15) is 41.3 Å². The van der Waals surface area contributed by atoms with Gasteiger partial charge < -0.3 is 14.8 Å². The molecule has 3 aromatic rings. The molecule has 3 aromatic carbocycles. The monoisotopic (exact) mass is 477 g/mol. The van der Waals surface area contributed by atoms with Gasteiger partial charge in [0.15, 0.2) is 5.75 Å². The highest BCUT2D eigenvalue weighted by atomic mass is 35.5. The smallest absolute Gasteiger partial charge is 0.253 e. The fourth-order valence-electron chi connectivity index (χ4n) is 3.07. The van der Waals surface area contributed by atoms with Gasteiger partial charge in [-0.15, -0.1) is 0 Å². The molecule has 0 fully saturated rings. The van der Waals surface area contributed by atoms with E-state index in [2.05, 4.69) is 19.2 Å². The number of halogens is 3. The SMILES string of the molecule is COc1ccc(Oc2c(Cl)ccc(C(=O)NCc3cccc(Cl)c3)c2Cl)cc1C(C)C. The third-order valence-electron chi connectivity index (χ3n) is 4.68. The average molecular weight is 479 g/mol. The topological polar surface area (TPSA) is 47.6 Å². The lowest BCUT2D eigenvalue weighted by Gasteiger charge is -2.16. The van der Waals surface area contributed by atoms with E-state index in [0.717, 1.165) is 16.9 Å². The van der Waals surface area contributed by atoms with Gasteiger partial charge in [-0.2, -0.15) is 0 Å². The Bertz CT molecular complexity index is 1100. The van der Waals surface area contributed by atoms with E-state index >= 15 is 0 Å². The van der Waals surface area contributed by atoms with Crippen molar-refractivity contribution in [3.05, 3.63) is 86.4 Å². The molecule has 0 aliphatic heterocycles. The molecular formula is C24H22Cl3NO3. The summed E-state index contributed by atoms with van der Waals surface area (Å²) in [5.41, 5.74) is 2.13. The van der Waals surface area contributed by atoms with Crippen molar-refractivity contribution in [3.63, 3.8) is 0 Å². The molecule has 0 saturated heterocycles. The maximum atomic E-state index is 12.7. The minimum absolute atomic E-state index is 0.137. The molecule has 0 atom stereocenters. The molecule has 3 rings (SSSR count). The minimum atomic E-state index is -0.343. The zero-order valence-corrected chi connectivity index (χ0v) is 19.6. The van der Waals surface area contributed by atoms with E-state index < -0.39 is 0 Å². The molecule has 31 heavy (non-hydrogen) atoms. The predicted molar refractivity (Wildman–Crippen MR) is 126 cm³/mol. The van der Waals surface area contributed by atoms with Crippen molar-refractivity contribution in [1.82, 2.24) is 5.32 Å². The summed E-state index contributed by atoms with van der Waals surface area (Å²) >= 11 is 18.8. The summed E-state index contributed by atoms with van der Waals surface area (Å²) in [4.78, 5) is 12.7. The van der Waals surface area contributed by atoms with Gasteiger partial charge in [0.1, 0.15) is 11.5 Å². The maximum Gasteiger partial charge on any atom is 0.253 e. The Kier molecular flexibility index (Phi) is 7.71. The van der Waals surface area contributed by atoms with Crippen LogP contribution in [-0.2, 0) is 6.54 Å². The van der Waals surface area contributed by atoms with Crippen LogP contribution in [-0.4, -0.2) is 13.0 Å². The largest absolute Gasteiger partial charge is 0.496 e. The van der Waals surface area contributed by atoms with Crippen molar-refractivity contribution in [2.45, 2.75) is 26.3 Å². The molecule has 0 aliphatic carbocycles. The van der Waals surface area contributed by atoms with Crippen molar-refractivity contribution >= 4 is 40.7 Å². The zero-order chi connectivity index (χ0) is 22.5. The second-order valence-corrected chi connectivity index (χ2v) is 8.43. The van der Waals surface area contributed by atoms with E-state index in [1.165, 1.54) is 0 Å². The molecule has 0 spiro atoms. The Morgan fingerprint density at radius 2 is 1.81 bits per heavy atom. The van der Waals surface area contributed by atoms with Crippen LogP contribution in [0.2, 0.25) is 15.1 Å². The molecule has 0 aliphatic rings. The Balaban J connectivity index is 1.83. The molecule has 4 nitrogen and oxygen atoms in total. The summed E-state index contributed by atoms with van der Waals surface area (Å²) < 4.78 is 11.4. The van der Waals surface area contributed by atoms with Crippen LogP contribution in [0, 0.1) is 0 Å². The van der Waals surface area contributed by atoms with Gasteiger partial charge in [0.25, 0.3) is 5.91 Å². The molecule has 1 amide bonds. The summed E-state index contributed by atoms with van der Waals surface area (Å²) in [5, 5.41) is 3.88. The predicted octanol–water partition coefficient (Wildman–Crippen LogP) is 7.50. The summed E-state index contributed by atoms with van der Waals surface area (Å²) in [6.45, 7) is 4.43. The lowest BCUT2D eigenvalue weighted by molar-refractivity contribution is 0.0950. The van der Waals surface area contributed by atoms with E-state index in [9.17, 15) is 4.79 Å². The second kappa shape index (κ2) is 10.3. The first-order chi connectivity index (χ1) is 14.8. The lowest BCUT2D eigenvalue weighted by Crippen LogP contribution is -2.23. The highest BCUT2D eigenvalue weighted by molar-refractivity contribution is 6.39. The maximum absolute atomic E-state index is 12.7. The Labute approximate surface area is 197 Å². The van der Waals surface area contributed by atoms with E-state index in [1.54, 1.807) is 37.4 Å². The van der Waals surface area contributed by atoms with Gasteiger partial charge in [0.2, 0.25) is 0 Å². The molecule has 0 unspecified atom stereocenters. The molecule has 1 N–H and O–H groups in total. The van der Waals surface area contributed by atoms with Crippen LogP contribution in [0.4, 0.5) is 0 Å². The molecule has 0 radical (unpaired) electrons. The van der Waals surface area contributed by atoms with E-state index in [4.69, 9.17) is 44.3 Å². The number of amides is 1. The zero-order valence-electron chi connectivity index (χ0n) is 17.3. The number of hydrogen-bond donors (Lipinski definition) is 1. The fraction of sp³-hybridized carbons (Fsp3) is 0.208. The number of rotatable bonds is 7. The van der Waals surface area contributed by atoms with Gasteiger partial charge in [0.05, 0.1) is 22.7 Å². The van der Waals surface area contributed by atoms with E-state index in [0.29, 0.717) is 22.3 Å². The van der Waals surface area contributed by atoms with E-state index in [-0.39, 0.29) is 28.2 Å². The third kappa shape index (κ3) is 5.65. The first-order valence-corrected chi connectivity index (χ1v) is 10.8. The fourth-order valence-corrected chi connectivity index (χ4v) is 3.82. The van der Waals surface area contributed by atoms with Crippen molar-refractivity contribution in [2.24, 2.45) is 0 Å². The van der Waals surface area contributed by atoms with Crippen molar-refractivity contribution in [2.75, 3.05) is 7.11 Å². The molecule has 0 aromatic heterocycles. The highest BCUT2D eigenvalue weighted by Gasteiger charge is 2.19. The average Bonchev–Trinajstić information content (AvgIpc) is 2.75. The first kappa shape index (κ1) is 23.3. The quantitative estimate of drug-likeness (QED) is 0.382. The molecule has 162 valence electrons. The Hall–Kier alpha value is -2.40. The number of ether oxygens (including phenoxy) is 2. The van der Waals surface area contributed by atoms with Crippen LogP contribution in [0.5, 0.6) is 17.2 Å². The highest BCUT2D eigenvalue weighted by Crippen LogP contribution is 2.40. The number of methoxy groups -OCH3 is 1. The summed E-state index contributed by atoms with van der Waals surface area (Å²) in [5.74, 6) is 1.43. The van der Waals surface area contributed by atoms with Crippen LogP contribution in [0.25, 0.3) is 0 Å². The first-order valence-electron chi connectivity index (χ1n) is 9.66. The second-order valence-electron chi connectivity index (χ2n) is 7.21. The Morgan fingerprint density at radius 3 is 2.48 bits per heavy atom. The van der Waals surface area contributed by atoms with Crippen molar-refractivity contribution < 1.29 is 14.3 Å². The number of benzene rings is 3. The number of carbonyl (C=O) groups is 1. The number of hydrogen-bond acceptors (Lipinski definition) is 3. The van der Waals surface area contributed by atoms with Gasteiger partial charge >= 0.3 is 0 Å². The van der Waals surface area contributed by atoms with Gasteiger partial charge in [-0.1, -0.05) is 60.8 Å². The van der Waals surface area contributed by atoms with Gasteiger partial charge in [-0.3, -0.25) is 4.79 Å². The normalized spacial score (nSPS) is 10.8. The molecular weight excluding hydrogens is 457 g/mol. The molecule has 0 heterocycles. The van der Waals surface area contributed by atoms with Crippen molar-refractivity contribution in [1.29, 1.82) is 0 Å². The van der Waals surface area contributed by atoms with Gasteiger partial charge in [0, 0.05) is 17.1 Å². The molecule has 0 saturated carbocycles. The molecule has 7 heteroatoms. The lowest BCUT2D eigenvalue weighted by atomic mass is 10.0. The van der Waals surface area contributed by atoms with Gasteiger partial charge in [-0.05, 0) is 53.9 Å². The van der Waals surface area contributed by atoms with Crippen LogP contribution < -0.4 is 14.8 Å².